The van der Waals surface area contributed by atoms with Crippen molar-refractivity contribution in [3.8, 4) is 0 Å². The number of hydrogen-bond donors (Lipinski definition) is 2. The van der Waals surface area contributed by atoms with Crippen LogP contribution < -0.4 is 10.6 Å². The molecule has 2 heterocycles. The molecule has 128 valence electrons. The highest BCUT2D eigenvalue weighted by molar-refractivity contribution is 7.12. The summed E-state index contributed by atoms with van der Waals surface area (Å²) < 4.78 is 2.04. The highest BCUT2D eigenvalue weighted by Gasteiger charge is 2.44. The Labute approximate surface area is 145 Å². The topological polar surface area (TPSA) is 76.0 Å². The van der Waals surface area contributed by atoms with Crippen LogP contribution in [0.5, 0.6) is 0 Å². The number of imidazole rings is 1. The molecule has 0 aromatic carbocycles. The molecule has 1 aliphatic carbocycles. The van der Waals surface area contributed by atoms with Gasteiger partial charge in [0.05, 0.1) is 11.2 Å². The lowest BCUT2D eigenvalue weighted by Gasteiger charge is -2.26. The molecule has 1 saturated carbocycles. The number of amides is 2. The van der Waals surface area contributed by atoms with Crippen LogP contribution in [0, 0.1) is 5.41 Å². The maximum absolute atomic E-state index is 12.5. The molecule has 0 saturated heterocycles. The molecule has 1 aliphatic rings. The Morgan fingerprint density at radius 3 is 2.79 bits per heavy atom. The maximum Gasteiger partial charge on any atom is 0.262 e. The predicted molar refractivity (Wildman–Crippen MR) is 92.8 cm³/mol. The molecule has 0 atom stereocenters. The van der Waals surface area contributed by atoms with Gasteiger partial charge in [-0.1, -0.05) is 6.07 Å². The zero-order chi connectivity index (χ0) is 17.2. The van der Waals surface area contributed by atoms with Crippen LogP contribution in [0.2, 0.25) is 0 Å². The lowest BCUT2D eigenvalue weighted by atomic mass is 10.0. The Kier molecular flexibility index (Phi) is 4.45. The minimum absolute atomic E-state index is 0.115. The third kappa shape index (κ3) is 3.84. The van der Waals surface area contributed by atoms with Gasteiger partial charge < -0.3 is 15.2 Å². The number of hydrogen-bond acceptors (Lipinski definition) is 4. The van der Waals surface area contributed by atoms with E-state index in [0.717, 1.165) is 19.4 Å². The average Bonchev–Trinajstić information content (AvgIpc) is 2.98. The molecule has 1 fully saturated rings. The van der Waals surface area contributed by atoms with E-state index in [4.69, 9.17) is 0 Å². The number of aromatic nitrogens is 2. The molecular weight excluding hydrogens is 324 g/mol. The molecule has 0 unspecified atom stereocenters. The zero-order valence-corrected chi connectivity index (χ0v) is 14.7. The first-order valence-electron chi connectivity index (χ1n) is 8.00. The summed E-state index contributed by atoms with van der Waals surface area (Å²) in [7, 11) is 0. The minimum atomic E-state index is -0.952. The molecule has 7 heteroatoms. The first kappa shape index (κ1) is 16.7. The molecular formula is C17H22N4O2S. The van der Waals surface area contributed by atoms with Gasteiger partial charge in [0.25, 0.3) is 5.91 Å². The van der Waals surface area contributed by atoms with Gasteiger partial charge in [0.15, 0.2) is 0 Å². The highest BCUT2D eigenvalue weighted by Crippen LogP contribution is 2.46. The highest BCUT2D eigenvalue weighted by atomic mass is 32.1. The van der Waals surface area contributed by atoms with Crippen LogP contribution in [0.3, 0.4) is 0 Å². The van der Waals surface area contributed by atoms with Crippen LogP contribution in [0.1, 0.15) is 36.4 Å². The lowest BCUT2D eigenvalue weighted by molar-refractivity contribution is -0.126. The van der Waals surface area contributed by atoms with E-state index in [9.17, 15) is 9.59 Å². The monoisotopic (exact) mass is 346 g/mol. The third-order valence-electron chi connectivity index (χ3n) is 4.40. The van der Waals surface area contributed by atoms with Gasteiger partial charge in [-0.2, -0.15) is 0 Å². The summed E-state index contributed by atoms with van der Waals surface area (Å²) >= 11 is 1.36. The summed E-state index contributed by atoms with van der Waals surface area (Å²) in [5, 5.41) is 7.65. The Bertz CT molecular complexity index is 703. The fourth-order valence-corrected chi connectivity index (χ4v) is 3.25. The number of carbonyl (C=O) groups is 2. The largest absolute Gasteiger partial charge is 0.353 e. The van der Waals surface area contributed by atoms with E-state index in [1.54, 1.807) is 32.4 Å². The molecule has 2 aromatic rings. The average molecular weight is 346 g/mol. The van der Waals surface area contributed by atoms with Crippen molar-refractivity contribution in [3.05, 3.63) is 41.1 Å². The van der Waals surface area contributed by atoms with Crippen molar-refractivity contribution in [2.45, 2.75) is 38.8 Å². The number of thiophene rings is 1. The molecule has 2 aromatic heterocycles. The molecule has 0 spiro atoms. The van der Waals surface area contributed by atoms with Gasteiger partial charge in [-0.15, -0.1) is 11.3 Å². The van der Waals surface area contributed by atoms with Crippen molar-refractivity contribution in [1.82, 2.24) is 20.2 Å². The molecule has 3 rings (SSSR count). The molecule has 0 radical (unpaired) electrons. The van der Waals surface area contributed by atoms with Crippen molar-refractivity contribution < 1.29 is 9.59 Å². The van der Waals surface area contributed by atoms with Crippen LogP contribution in [0.15, 0.2) is 36.2 Å². The Balaban J connectivity index is 1.53. The van der Waals surface area contributed by atoms with Crippen LogP contribution in [-0.2, 0) is 11.3 Å². The summed E-state index contributed by atoms with van der Waals surface area (Å²) in [4.78, 5) is 29.3. The van der Waals surface area contributed by atoms with Crippen molar-refractivity contribution in [3.63, 3.8) is 0 Å². The van der Waals surface area contributed by atoms with E-state index >= 15 is 0 Å². The number of nitrogens with zero attached hydrogens (tertiary/aromatic N) is 2. The first-order chi connectivity index (χ1) is 11.4. The lowest BCUT2D eigenvalue weighted by Crippen LogP contribution is -2.55. The SMILES string of the molecule is CC(C)(NC(=O)c1cccs1)C(=O)NCC1(Cn2ccnc2)CC1. The van der Waals surface area contributed by atoms with Gasteiger partial charge in [0.2, 0.25) is 5.91 Å². The van der Waals surface area contributed by atoms with Crippen LogP contribution >= 0.6 is 11.3 Å². The van der Waals surface area contributed by atoms with Crippen molar-refractivity contribution in [2.24, 2.45) is 5.41 Å². The van der Waals surface area contributed by atoms with Gasteiger partial charge >= 0.3 is 0 Å². The van der Waals surface area contributed by atoms with Gasteiger partial charge in [0.1, 0.15) is 5.54 Å². The van der Waals surface area contributed by atoms with Crippen molar-refractivity contribution in [2.75, 3.05) is 6.54 Å². The minimum Gasteiger partial charge on any atom is -0.353 e. The fraction of sp³-hybridized carbons (Fsp3) is 0.471. The van der Waals surface area contributed by atoms with Gasteiger partial charge in [-0.3, -0.25) is 9.59 Å². The number of carbonyl (C=O) groups excluding carboxylic acids is 2. The maximum atomic E-state index is 12.5. The van der Waals surface area contributed by atoms with E-state index in [0.29, 0.717) is 11.4 Å². The van der Waals surface area contributed by atoms with E-state index in [2.05, 4.69) is 15.6 Å². The quantitative estimate of drug-likeness (QED) is 0.806. The zero-order valence-electron chi connectivity index (χ0n) is 13.9. The second kappa shape index (κ2) is 6.39. The van der Waals surface area contributed by atoms with Gasteiger partial charge in [0, 0.05) is 30.9 Å². The van der Waals surface area contributed by atoms with Crippen LogP contribution in [0.25, 0.3) is 0 Å². The smallest absolute Gasteiger partial charge is 0.262 e. The van der Waals surface area contributed by atoms with Crippen LogP contribution in [-0.4, -0.2) is 33.4 Å². The second-order valence-corrected chi connectivity index (χ2v) is 7.92. The first-order valence-corrected chi connectivity index (χ1v) is 8.88. The van der Waals surface area contributed by atoms with E-state index < -0.39 is 5.54 Å². The summed E-state index contributed by atoms with van der Waals surface area (Å²) in [6.45, 7) is 4.92. The summed E-state index contributed by atoms with van der Waals surface area (Å²) in [6, 6.07) is 3.57. The van der Waals surface area contributed by atoms with Crippen LogP contribution in [0.4, 0.5) is 0 Å². The summed E-state index contributed by atoms with van der Waals surface area (Å²) in [6.07, 6.45) is 7.68. The molecule has 0 bridgehead atoms. The summed E-state index contributed by atoms with van der Waals surface area (Å²) in [5.41, 5.74) is -0.837. The Morgan fingerprint density at radius 2 is 2.21 bits per heavy atom. The summed E-state index contributed by atoms with van der Waals surface area (Å²) in [5.74, 6) is -0.381. The Morgan fingerprint density at radius 1 is 1.42 bits per heavy atom. The molecule has 2 N–H and O–H groups in total. The standard InChI is InChI=1S/C17H22N4O2S/c1-16(2,20-14(22)13-4-3-9-24-13)15(23)19-10-17(5-6-17)11-21-8-7-18-12-21/h3-4,7-9,12H,5-6,10-11H2,1-2H3,(H,19,23)(H,20,22). The second-order valence-electron chi connectivity index (χ2n) is 6.97. The molecule has 0 aliphatic heterocycles. The van der Waals surface area contributed by atoms with Gasteiger partial charge in [-0.05, 0) is 38.1 Å². The van der Waals surface area contributed by atoms with E-state index in [-0.39, 0.29) is 17.2 Å². The van der Waals surface area contributed by atoms with Crippen molar-refractivity contribution >= 4 is 23.2 Å². The normalized spacial score (nSPS) is 15.8. The van der Waals surface area contributed by atoms with Gasteiger partial charge in [-0.25, -0.2) is 4.98 Å². The molecule has 6 nitrogen and oxygen atoms in total. The molecule has 24 heavy (non-hydrogen) atoms. The van der Waals surface area contributed by atoms with E-state index in [1.165, 1.54) is 11.3 Å². The molecule has 2 amide bonds. The Hall–Kier alpha value is -2.15. The number of rotatable bonds is 7. The third-order valence-corrected chi connectivity index (χ3v) is 5.27. The van der Waals surface area contributed by atoms with E-state index in [1.807, 2.05) is 22.2 Å². The number of nitrogens with one attached hydrogen (secondary N) is 2. The fourth-order valence-electron chi connectivity index (χ4n) is 2.63. The predicted octanol–water partition coefficient (Wildman–Crippen LogP) is 2.05. The van der Waals surface area contributed by atoms with Crippen molar-refractivity contribution in [1.29, 1.82) is 0 Å².